The zero-order valence-corrected chi connectivity index (χ0v) is 16.4. The lowest BCUT2D eigenvalue weighted by Gasteiger charge is -2.37. The standard InChI is InChI=1S/C18H30N4O2S/c1-5-19-18(22-12-14(2)10-15(3)13-22)20-11-16-8-6-7-9-17(16)21-25(4,23)24/h6-9,14-15,21H,5,10-13H2,1-4H3,(H,19,20). The van der Waals surface area contributed by atoms with Crippen molar-refractivity contribution in [2.45, 2.75) is 33.7 Å². The van der Waals surface area contributed by atoms with Gasteiger partial charge < -0.3 is 10.2 Å². The van der Waals surface area contributed by atoms with E-state index in [1.165, 1.54) is 6.42 Å². The van der Waals surface area contributed by atoms with Gasteiger partial charge in [0.05, 0.1) is 18.5 Å². The molecule has 0 bridgehead atoms. The number of para-hydroxylation sites is 1. The van der Waals surface area contributed by atoms with Crippen molar-refractivity contribution in [3.8, 4) is 0 Å². The number of guanidine groups is 1. The molecule has 1 fully saturated rings. The van der Waals surface area contributed by atoms with E-state index in [0.717, 1.165) is 37.4 Å². The van der Waals surface area contributed by atoms with E-state index in [2.05, 4.69) is 35.7 Å². The maximum atomic E-state index is 11.5. The number of piperidine rings is 1. The summed E-state index contributed by atoms with van der Waals surface area (Å²) >= 11 is 0. The second-order valence-electron chi connectivity index (χ2n) is 7.05. The van der Waals surface area contributed by atoms with Crippen LogP contribution in [0, 0.1) is 11.8 Å². The molecule has 1 aromatic rings. The van der Waals surface area contributed by atoms with Crippen molar-refractivity contribution < 1.29 is 8.42 Å². The Morgan fingerprint density at radius 2 is 1.88 bits per heavy atom. The molecule has 2 atom stereocenters. The van der Waals surface area contributed by atoms with Crippen LogP contribution in [0.1, 0.15) is 32.8 Å². The van der Waals surface area contributed by atoms with Crippen LogP contribution in [0.2, 0.25) is 0 Å². The van der Waals surface area contributed by atoms with Gasteiger partial charge in [-0.15, -0.1) is 0 Å². The molecule has 1 aliphatic heterocycles. The molecule has 0 amide bonds. The van der Waals surface area contributed by atoms with E-state index in [-0.39, 0.29) is 0 Å². The molecular weight excluding hydrogens is 336 g/mol. The summed E-state index contributed by atoms with van der Waals surface area (Å²) in [7, 11) is -3.31. The van der Waals surface area contributed by atoms with Crippen molar-refractivity contribution in [1.29, 1.82) is 0 Å². The summed E-state index contributed by atoms with van der Waals surface area (Å²) in [5.41, 5.74) is 1.45. The highest BCUT2D eigenvalue weighted by Gasteiger charge is 2.24. The van der Waals surface area contributed by atoms with Crippen molar-refractivity contribution in [1.82, 2.24) is 10.2 Å². The number of benzene rings is 1. The van der Waals surface area contributed by atoms with Gasteiger partial charge in [-0.2, -0.15) is 0 Å². The number of nitrogens with one attached hydrogen (secondary N) is 2. The van der Waals surface area contributed by atoms with E-state index in [1.54, 1.807) is 6.07 Å². The number of rotatable bonds is 5. The fourth-order valence-electron chi connectivity index (χ4n) is 3.38. The van der Waals surface area contributed by atoms with E-state index in [9.17, 15) is 8.42 Å². The van der Waals surface area contributed by atoms with Gasteiger partial charge in [-0.1, -0.05) is 32.0 Å². The molecule has 1 saturated heterocycles. The van der Waals surface area contributed by atoms with Gasteiger partial charge in [0.2, 0.25) is 10.0 Å². The van der Waals surface area contributed by atoms with Crippen LogP contribution in [-0.2, 0) is 16.6 Å². The summed E-state index contributed by atoms with van der Waals surface area (Å²) in [6, 6.07) is 7.39. The zero-order valence-electron chi connectivity index (χ0n) is 15.6. The van der Waals surface area contributed by atoms with E-state index in [0.29, 0.717) is 24.1 Å². The van der Waals surface area contributed by atoms with Crippen molar-refractivity contribution in [3.63, 3.8) is 0 Å². The Hall–Kier alpha value is -1.76. The van der Waals surface area contributed by atoms with E-state index < -0.39 is 10.0 Å². The van der Waals surface area contributed by atoms with Crippen LogP contribution in [0.5, 0.6) is 0 Å². The van der Waals surface area contributed by atoms with Gasteiger partial charge in [-0.3, -0.25) is 4.72 Å². The molecule has 1 aromatic carbocycles. The summed E-state index contributed by atoms with van der Waals surface area (Å²) in [5, 5.41) is 3.37. The molecule has 2 rings (SSSR count). The first kappa shape index (κ1) is 19.6. The smallest absolute Gasteiger partial charge is 0.229 e. The summed E-state index contributed by atoms with van der Waals surface area (Å²) in [5.74, 6) is 2.19. The van der Waals surface area contributed by atoms with Gasteiger partial charge in [0.1, 0.15) is 0 Å². The monoisotopic (exact) mass is 366 g/mol. The Kier molecular flexibility index (Phi) is 6.70. The molecular formula is C18H30N4O2S. The Balaban J connectivity index is 2.19. The number of hydrogen-bond acceptors (Lipinski definition) is 3. The number of likely N-dealkylation sites (tertiary alicyclic amines) is 1. The molecule has 2 unspecified atom stereocenters. The average molecular weight is 367 g/mol. The maximum absolute atomic E-state index is 11.5. The molecule has 0 spiro atoms. The van der Waals surface area contributed by atoms with Crippen LogP contribution in [0.15, 0.2) is 29.3 Å². The largest absolute Gasteiger partial charge is 0.357 e. The predicted octanol–water partition coefficient (Wildman–Crippen LogP) is 2.50. The third-order valence-corrected chi connectivity index (χ3v) is 4.81. The van der Waals surface area contributed by atoms with Gasteiger partial charge in [0.25, 0.3) is 0 Å². The second-order valence-corrected chi connectivity index (χ2v) is 8.80. The van der Waals surface area contributed by atoms with Crippen LogP contribution in [0.3, 0.4) is 0 Å². The van der Waals surface area contributed by atoms with Gasteiger partial charge in [-0.05, 0) is 36.8 Å². The molecule has 1 heterocycles. The number of hydrogen-bond donors (Lipinski definition) is 2. The number of nitrogens with zero attached hydrogens (tertiary/aromatic N) is 2. The topological polar surface area (TPSA) is 73.8 Å². The molecule has 6 nitrogen and oxygen atoms in total. The predicted molar refractivity (Wildman–Crippen MR) is 104 cm³/mol. The van der Waals surface area contributed by atoms with Crippen LogP contribution in [0.25, 0.3) is 0 Å². The molecule has 0 aliphatic carbocycles. The number of anilines is 1. The van der Waals surface area contributed by atoms with Crippen LogP contribution >= 0.6 is 0 Å². The molecule has 7 heteroatoms. The van der Waals surface area contributed by atoms with Gasteiger partial charge in [0.15, 0.2) is 5.96 Å². The molecule has 140 valence electrons. The first-order valence-corrected chi connectivity index (χ1v) is 10.8. The van der Waals surface area contributed by atoms with Crippen LogP contribution in [0.4, 0.5) is 5.69 Å². The molecule has 0 saturated carbocycles. The molecule has 0 aromatic heterocycles. The minimum atomic E-state index is -3.31. The zero-order chi connectivity index (χ0) is 18.4. The lowest BCUT2D eigenvalue weighted by atomic mass is 9.92. The van der Waals surface area contributed by atoms with Crippen LogP contribution < -0.4 is 10.0 Å². The maximum Gasteiger partial charge on any atom is 0.229 e. The highest BCUT2D eigenvalue weighted by molar-refractivity contribution is 7.92. The first-order chi connectivity index (χ1) is 11.8. The Bertz CT molecular complexity index is 693. The SMILES string of the molecule is CCNC(=NCc1ccccc1NS(C)(=O)=O)N1CC(C)CC(C)C1. The fraction of sp³-hybridized carbons (Fsp3) is 0.611. The minimum Gasteiger partial charge on any atom is -0.357 e. The Morgan fingerprint density at radius 1 is 1.24 bits per heavy atom. The van der Waals surface area contributed by atoms with Gasteiger partial charge in [0, 0.05) is 19.6 Å². The highest BCUT2D eigenvalue weighted by atomic mass is 32.2. The Labute approximate surface area is 151 Å². The summed E-state index contributed by atoms with van der Waals surface area (Å²) in [4.78, 5) is 7.08. The summed E-state index contributed by atoms with van der Waals surface area (Å²) in [6.07, 6.45) is 2.41. The molecule has 1 aliphatic rings. The highest BCUT2D eigenvalue weighted by Crippen LogP contribution is 2.22. The van der Waals surface area contributed by atoms with Crippen molar-refractivity contribution in [3.05, 3.63) is 29.8 Å². The third kappa shape index (κ3) is 6.23. The van der Waals surface area contributed by atoms with Crippen LogP contribution in [-0.4, -0.2) is 45.2 Å². The molecule has 0 radical (unpaired) electrons. The average Bonchev–Trinajstić information content (AvgIpc) is 2.50. The van der Waals surface area contributed by atoms with Gasteiger partial charge in [-0.25, -0.2) is 13.4 Å². The lowest BCUT2D eigenvalue weighted by Crippen LogP contribution is -2.48. The van der Waals surface area contributed by atoms with Crippen molar-refractivity contribution in [2.75, 3.05) is 30.6 Å². The summed E-state index contributed by atoms with van der Waals surface area (Å²) < 4.78 is 25.7. The normalized spacial score (nSPS) is 21.9. The van der Waals surface area contributed by atoms with E-state index in [4.69, 9.17) is 4.99 Å². The lowest BCUT2D eigenvalue weighted by molar-refractivity contribution is 0.208. The third-order valence-electron chi connectivity index (χ3n) is 4.22. The van der Waals surface area contributed by atoms with Crippen molar-refractivity contribution >= 4 is 21.7 Å². The first-order valence-electron chi connectivity index (χ1n) is 8.87. The summed E-state index contributed by atoms with van der Waals surface area (Å²) in [6.45, 7) is 9.85. The van der Waals surface area contributed by atoms with Crippen molar-refractivity contribution in [2.24, 2.45) is 16.8 Å². The second kappa shape index (κ2) is 8.56. The quantitative estimate of drug-likeness (QED) is 0.620. The number of aliphatic imine (C=N–C) groups is 1. The minimum absolute atomic E-state index is 0.431. The van der Waals surface area contributed by atoms with E-state index in [1.807, 2.05) is 18.2 Å². The molecule has 25 heavy (non-hydrogen) atoms. The Morgan fingerprint density at radius 3 is 2.48 bits per heavy atom. The fourth-order valence-corrected chi connectivity index (χ4v) is 3.98. The molecule has 2 N–H and O–H groups in total. The van der Waals surface area contributed by atoms with Gasteiger partial charge >= 0.3 is 0 Å². The van der Waals surface area contributed by atoms with E-state index >= 15 is 0 Å². The number of sulfonamides is 1.